The lowest BCUT2D eigenvalue weighted by molar-refractivity contribution is -0.124. The molecule has 8 heteroatoms. The summed E-state index contributed by atoms with van der Waals surface area (Å²) >= 11 is 0. The molecule has 6 nitrogen and oxygen atoms in total. The maximum atomic E-state index is 13.2. The average Bonchev–Trinajstić information content (AvgIpc) is 2.94. The van der Waals surface area contributed by atoms with Gasteiger partial charge in [-0.3, -0.25) is 4.79 Å². The first-order valence-corrected chi connectivity index (χ1v) is 7.34. The largest absolute Gasteiger partial charge is 0.476 e. The molecule has 1 aliphatic rings. The molecular formula is C16H15F2N3O3. The molecule has 24 heavy (non-hydrogen) atoms. The Morgan fingerprint density at radius 3 is 2.67 bits per heavy atom. The standard InChI is InChI=1S/C16H15F2N3O3/c1-9-13(16(9,17)18)14(22)19-8-10-3-2-4-11(7-10)21-6-5-12(20-21)15(23)24/h2-7,9,13H,8H2,1H3,(H,19,22)(H,23,24)/t9-,13+/m1/s1. The van der Waals surface area contributed by atoms with Crippen molar-refractivity contribution in [2.24, 2.45) is 11.8 Å². The lowest BCUT2D eigenvalue weighted by atomic mass is 10.2. The van der Waals surface area contributed by atoms with Gasteiger partial charge in [0.05, 0.1) is 5.69 Å². The van der Waals surface area contributed by atoms with E-state index in [4.69, 9.17) is 5.11 Å². The number of carboxylic acid groups (broad SMARTS) is 1. The molecule has 1 amide bonds. The van der Waals surface area contributed by atoms with Crippen LogP contribution < -0.4 is 5.32 Å². The monoisotopic (exact) mass is 335 g/mol. The van der Waals surface area contributed by atoms with Crippen LogP contribution in [0.4, 0.5) is 8.78 Å². The number of amides is 1. The second-order valence-corrected chi connectivity index (χ2v) is 5.78. The van der Waals surface area contributed by atoms with Crippen LogP contribution in [0.25, 0.3) is 5.69 Å². The minimum absolute atomic E-state index is 0.0846. The molecule has 0 aliphatic heterocycles. The first-order valence-electron chi connectivity index (χ1n) is 7.34. The summed E-state index contributed by atoms with van der Waals surface area (Å²) in [6.45, 7) is 1.46. The Morgan fingerprint density at radius 1 is 1.38 bits per heavy atom. The van der Waals surface area contributed by atoms with E-state index in [-0.39, 0.29) is 12.2 Å². The number of aromatic carboxylic acids is 1. The zero-order valence-corrected chi connectivity index (χ0v) is 12.7. The van der Waals surface area contributed by atoms with Gasteiger partial charge in [0.25, 0.3) is 5.92 Å². The fraction of sp³-hybridized carbons (Fsp3) is 0.312. The maximum Gasteiger partial charge on any atom is 0.356 e. The molecule has 1 aromatic carbocycles. The van der Waals surface area contributed by atoms with Crippen molar-refractivity contribution >= 4 is 11.9 Å². The highest BCUT2D eigenvalue weighted by Gasteiger charge is 2.69. The number of carbonyl (C=O) groups excluding carboxylic acids is 1. The van der Waals surface area contributed by atoms with Gasteiger partial charge in [0.15, 0.2) is 5.69 Å². The molecule has 1 heterocycles. The molecule has 2 N–H and O–H groups in total. The predicted octanol–water partition coefficient (Wildman–Crippen LogP) is 2.09. The predicted molar refractivity (Wildman–Crippen MR) is 80.0 cm³/mol. The fourth-order valence-electron chi connectivity index (χ4n) is 2.57. The van der Waals surface area contributed by atoms with Gasteiger partial charge in [0, 0.05) is 18.7 Å². The van der Waals surface area contributed by atoms with Crippen molar-refractivity contribution in [3.63, 3.8) is 0 Å². The van der Waals surface area contributed by atoms with Gasteiger partial charge in [-0.15, -0.1) is 0 Å². The Hall–Kier alpha value is -2.77. The highest BCUT2D eigenvalue weighted by molar-refractivity contribution is 5.85. The third-order valence-corrected chi connectivity index (χ3v) is 4.15. The average molecular weight is 335 g/mol. The molecule has 1 aromatic heterocycles. The van der Waals surface area contributed by atoms with E-state index in [1.807, 2.05) is 0 Å². The second kappa shape index (κ2) is 5.70. The molecule has 0 spiro atoms. The third kappa shape index (κ3) is 2.86. The van der Waals surface area contributed by atoms with Crippen molar-refractivity contribution in [2.45, 2.75) is 19.4 Å². The summed E-state index contributed by atoms with van der Waals surface area (Å²) in [5.41, 5.74) is 1.22. The number of halogens is 2. The molecule has 0 bridgehead atoms. The number of carbonyl (C=O) groups is 2. The Kier molecular flexibility index (Phi) is 3.82. The topological polar surface area (TPSA) is 84.2 Å². The van der Waals surface area contributed by atoms with Crippen LogP contribution in [0, 0.1) is 11.8 Å². The summed E-state index contributed by atoms with van der Waals surface area (Å²) in [4.78, 5) is 22.6. The van der Waals surface area contributed by atoms with Crippen LogP contribution in [0.5, 0.6) is 0 Å². The quantitative estimate of drug-likeness (QED) is 0.876. The number of hydrogen-bond donors (Lipinski definition) is 2. The molecule has 2 aromatic rings. The summed E-state index contributed by atoms with van der Waals surface area (Å²) in [5.74, 6) is -6.90. The minimum atomic E-state index is -2.92. The van der Waals surface area contributed by atoms with Gasteiger partial charge in [0.1, 0.15) is 5.92 Å². The highest BCUT2D eigenvalue weighted by atomic mass is 19.3. The second-order valence-electron chi connectivity index (χ2n) is 5.78. The van der Waals surface area contributed by atoms with Crippen molar-refractivity contribution < 1.29 is 23.5 Å². The van der Waals surface area contributed by atoms with Crippen LogP contribution in [-0.2, 0) is 11.3 Å². The first kappa shape index (κ1) is 16.1. The van der Waals surface area contributed by atoms with E-state index in [0.717, 1.165) is 0 Å². The molecular weight excluding hydrogens is 320 g/mol. The summed E-state index contributed by atoms with van der Waals surface area (Å²) in [7, 11) is 0. The number of hydrogen-bond acceptors (Lipinski definition) is 3. The van der Waals surface area contributed by atoms with Crippen LogP contribution in [0.2, 0.25) is 0 Å². The zero-order chi connectivity index (χ0) is 17.5. The van der Waals surface area contributed by atoms with Gasteiger partial charge in [0.2, 0.25) is 5.91 Å². The van der Waals surface area contributed by atoms with Gasteiger partial charge < -0.3 is 10.4 Å². The van der Waals surface area contributed by atoms with Crippen LogP contribution in [-0.4, -0.2) is 32.7 Å². The molecule has 0 unspecified atom stereocenters. The van der Waals surface area contributed by atoms with E-state index >= 15 is 0 Å². The smallest absolute Gasteiger partial charge is 0.356 e. The molecule has 1 aliphatic carbocycles. The van der Waals surface area contributed by atoms with Crippen molar-refractivity contribution in [2.75, 3.05) is 0 Å². The van der Waals surface area contributed by atoms with Crippen molar-refractivity contribution in [1.29, 1.82) is 0 Å². The molecule has 3 rings (SSSR count). The van der Waals surface area contributed by atoms with E-state index < -0.39 is 29.6 Å². The maximum absolute atomic E-state index is 13.2. The Bertz CT molecular complexity index is 803. The lowest BCUT2D eigenvalue weighted by Gasteiger charge is -2.07. The lowest BCUT2D eigenvalue weighted by Crippen LogP contribution is -2.26. The van der Waals surface area contributed by atoms with Crippen LogP contribution in [0.15, 0.2) is 36.5 Å². The summed E-state index contributed by atoms with van der Waals surface area (Å²) in [5, 5.41) is 15.3. The van der Waals surface area contributed by atoms with Crippen molar-refractivity contribution in [3.8, 4) is 5.69 Å². The van der Waals surface area contributed by atoms with E-state index in [9.17, 15) is 18.4 Å². The summed E-state index contributed by atoms with van der Waals surface area (Å²) < 4.78 is 27.8. The molecule has 1 saturated carbocycles. The molecule has 2 atom stereocenters. The Morgan fingerprint density at radius 2 is 2.08 bits per heavy atom. The van der Waals surface area contributed by atoms with Gasteiger partial charge in [-0.1, -0.05) is 19.1 Å². The Balaban J connectivity index is 1.67. The third-order valence-electron chi connectivity index (χ3n) is 4.15. The number of rotatable bonds is 5. The number of alkyl halides is 2. The van der Waals surface area contributed by atoms with Crippen LogP contribution >= 0.6 is 0 Å². The van der Waals surface area contributed by atoms with Crippen LogP contribution in [0.3, 0.4) is 0 Å². The fourth-order valence-corrected chi connectivity index (χ4v) is 2.57. The number of nitrogens with one attached hydrogen (secondary N) is 1. The highest BCUT2D eigenvalue weighted by Crippen LogP contribution is 2.54. The Labute approximate surface area is 136 Å². The molecule has 1 fully saturated rings. The van der Waals surface area contributed by atoms with E-state index in [1.54, 1.807) is 24.3 Å². The van der Waals surface area contributed by atoms with E-state index in [0.29, 0.717) is 11.3 Å². The number of nitrogens with zero attached hydrogens (tertiary/aromatic N) is 2. The number of benzene rings is 1. The number of carboxylic acids is 1. The normalized spacial score (nSPS) is 21.3. The molecule has 0 radical (unpaired) electrons. The SMILES string of the molecule is C[C@@H]1[C@@H](C(=O)NCc2cccc(-n3ccc(C(=O)O)n3)c2)C1(F)F. The first-order chi connectivity index (χ1) is 11.3. The van der Waals surface area contributed by atoms with E-state index in [2.05, 4.69) is 10.4 Å². The summed E-state index contributed by atoms with van der Waals surface area (Å²) in [6, 6.07) is 8.24. The molecule has 126 valence electrons. The van der Waals surface area contributed by atoms with Gasteiger partial charge in [-0.2, -0.15) is 5.10 Å². The van der Waals surface area contributed by atoms with Crippen molar-refractivity contribution in [1.82, 2.24) is 15.1 Å². The minimum Gasteiger partial charge on any atom is -0.476 e. The van der Waals surface area contributed by atoms with Crippen molar-refractivity contribution in [3.05, 3.63) is 47.8 Å². The van der Waals surface area contributed by atoms with Gasteiger partial charge in [-0.05, 0) is 23.8 Å². The van der Waals surface area contributed by atoms with Crippen LogP contribution in [0.1, 0.15) is 23.0 Å². The van der Waals surface area contributed by atoms with Gasteiger partial charge >= 0.3 is 5.97 Å². The van der Waals surface area contributed by atoms with Gasteiger partial charge in [-0.25, -0.2) is 18.3 Å². The zero-order valence-electron chi connectivity index (χ0n) is 12.7. The summed E-state index contributed by atoms with van der Waals surface area (Å²) in [6.07, 6.45) is 1.51. The molecule has 0 saturated heterocycles. The van der Waals surface area contributed by atoms with E-state index in [1.165, 1.54) is 23.9 Å². The number of aromatic nitrogens is 2.